The number of aryl methyl sites for hydroxylation is 1. The number of carbonyl (C=O) groups is 1. The van der Waals surface area contributed by atoms with Crippen LogP contribution in [-0.2, 0) is 4.74 Å². The highest BCUT2D eigenvalue weighted by molar-refractivity contribution is 9.10. The van der Waals surface area contributed by atoms with Gasteiger partial charge in [-0.15, -0.1) is 0 Å². The second-order valence-corrected chi connectivity index (χ2v) is 9.97. The van der Waals surface area contributed by atoms with Gasteiger partial charge in [0.15, 0.2) is 0 Å². The zero-order valence-electron chi connectivity index (χ0n) is 20.2. The van der Waals surface area contributed by atoms with Crippen molar-refractivity contribution in [1.82, 2.24) is 9.66 Å². The van der Waals surface area contributed by atoms with E-state index in [1.807, 2.05) is 37.3 Å². The van der Waals surface area contributed by atoms with E-state index in [0.29, 0.717) is 33.8 Å². The van der Waals surface area contributed by atoms with E-state index < -0.39 is 0 Å². The molecule has 2 heterocycles. The summed E-state index contributed by atoms with van der Waals surface area (Å²) in [5.74, 6) is 1.67. The summed E-state index contributed by atoms with van der Waals surface area (Å²) in [6.07, 6.45) is 7.00. The number of carbonyl (C=O) groups excluding carboxylic acids is 1. The number of furan rings is 1. The number of esters is 1. The molecule has 5 rings (SSSR count). The Bertz CT molecular complexity index is 1530. The number of aromatic nitrogens is 2. The van der Waals surface area contributed by atoms with Crippen molar-refractivity contribution in [2.75, 3.05) is 7.11 Å². The van der Waals surface area contributed by atoms with Gasteiger partial charge in [0.25, 0.3) is 5.56 Å². The molecular formula is C28H26BrN3O4. The lowest BCUT2D eigenvalue weighted by Gasteiger charge is -2.22. The Kier molecular flexibility index (Phi) is 6.87. The number of hydrogen-bond acceptors (Lipinski definition) is 6. The van der Waals surface area contributed by atoms with Crippen LogP contribution >= 0.6 is 15.9 Å². The summed E-state index contributed by atoms with van der Waals surface area (Å²) in [6, 6.07) is 14.5. The first-order valence-electron chi connectivity index (χ1n) is 12.0. The number of halogens is 1. The van der Waals surface area contributed by atoms with Gasteiger partial charge in [-0.3, -0.25) is 4.79 Å². The van der Waals surface area contributed by atoms with Crippen molar-refractivity contribution in [3.63, 3.8) is 0 Å². The lowest BCUT2D eigenvalue weighted by Crippen LogP contribution is -2.25. The average Bonchev–Trinajstić information content (AvgIpc) is 3.37. The van der Waals surface area contributed by atoms with Crippen molar-refractivity contribution in [1.29, 1.82) is 0 Å². The first-order valence-corrected chi connectivity index (χ1v) is 12.8. The van der Waals surface area contributed by atoms with Gasteiger partial charge in [-0.25, -0.2) is 9.78 Å². The molecule has 0 bridgehead atoms. The molecule has 0 spiro atoms. The van der Waals surface area contributed by atoms with Gasteiger partial charge in [0, 0.05) is 16.0 Å². The molecule has 2 aromatic carbocycles. The lowest BCUT2D eigenvalue weighted by molar-refractivity contribution is 0.0600. The summed E-state index contributed by atoms with van der Waals surface area (Å²) < 4.78 is 13.1. The Balaban J connectivity index is 1.51. The molecule has 8 heteroatoms. The van der Waals surface area contributed by atoms with Gasteiger partial charge >= 0.3 is 5.97 Å². The molecule has 0 amide bonds. The molecule has 184 valence electrons. The maximum absolute atomic E-state index is 13.5. The fourth-order valence-corrected chi connectivity index (χ4v) is 5.13. The number of benzene rings is 2. The van der Waals surface area contributed by atoms with E-state index in [1.165, 1.54) is 18.2 Å². The molecule has 2 aromatic heterocycles. The molecule has 0 saturated heterocycles. The zero-order chi connectivity index (χ0) is 25.2. The highest BCUT2D eigenvalue weighted by Crippen LogP contribution is 2.32. The Morgan fingerprint density at radius 2 is 1.94 bits per heavy atom. The van der Waals surface area contributed by atoms with Crippen LogP contribution in [0.25, 0.3) is 22.2 Å². The number of rotatable bonds is 5. The van der Waals surface area contributed by atoms with Gasteiger partial charge in [0.05, 0.1) is 29.8 Å². The summed E-state index contributed by atoms with van der Waals surface area (Å²) in [4.78, 5) is 30.1. The van der Waals surface area contributed by atoms with E-state index >= 15 is 0 Å². The van der Waals surface area contributed by atoms with Crippen molar-refractivity contribution in [2.45, 2.75) is 44.9 Å². The number of ether oxygens (including phenoxy) is 1. The van der Waals surface area contributed by atoms with Gasteiger partial charge < -0.3 is 9.15 Å². The number of nitrogens with zero attached hydrogens (tertiary/aromatic N) is 3. The molecule has 36 heavy (non-hydrogen) atoms. The van der Waals surface area contributed by atoms with Gasteiger partial charge in [0.1, 0.15) is 17.3 Å². The summed E-state index contributed by atoms with van der Waals surface area (Å²) in [5, 5.41) is 5.07. The van der Waals surface area contributed by atoms with Gasteiger partial charge in [-0.1, -0.05) is 41.3 Å². The summed E-state index contributed by atoms with van der Waals surface area (Å²) in [7, 11) is 1.36. The molecule has 1 aliphatic rings. The fraction of sp³-hybridized carbons (Fsp3) is 0.286. The maximum atomic E-state index is 13.5. The van der Waals surface area contributed by atoms with Crippen molar-refractivity contribution in [3.05, 3.63) is 86.1 Å². The van der Waals surface area contributed by atoms with E-state index in [9.17, 15) is 9.59 Å². The third kappa shape index (κ3) is 4.78. The van der Waals surface area contributed by atoms with Crippen LogP contribution in [0.5, 0.6) is 0 Å². The van der Waals surface area contributed by atoms with Crippen LogP contribution in [0, 0.1) is 6.92 Å². The van der Waals surface area contributed by atoms with Crippen molar-refractivity contribution < 1.29 is 13.9 Å². The minimum absolute atomic E-state index is 0.194. The van der Waals surface area contributed by atoms with Crippen molar-refractivity contribution >= 4 is 39.0 Å². The molecule has 0 aliphatic heterocycles. The van der Waals surface area contributed by atoms with E-state index in [2.05, 4.69) is 21.0 Å². The van der Waals surface area contributed by atoms with E-state index in [-0.39, 0.29) is 17.4 Å². The molecule has 1 aliphatic carbocycles. The molecule has 0 unspecified atom stereocenters. The molecule has 1 fully saturated rings. The summed E-state index contributed by atoms with van der Waals surface area (Å²) >= 11 is 3.45. The van der Waals surface area contributed by atoms with E-state index in [0.717, 1.165) is 41.3 Å². The quantitative estimate of drug-likeness (QED) is 0.212. The highest BCUT2D eigenvalue weighted by Gasteiger charge is 2.22. The van der Waals surface area contributed by atoms with Gasteiger partial charge in [-0.2, -0.15) is 9.78 Å². The third-order valence-electron chi connectivity index (χ3n) is 6.64. The number of methoxy groups -OCH3 is 1. The van der Waals surface area contributed by atoms with E-state index in [4.69, 9.17) is 14.1 Å². The predicted octanol–water partition coefficient (Wildman–Crippen LogP) is 6.44. The second-order valence-electron chi connectivity index (χ2n) is 9.05. The zero-order valence-corrected chi connectivity index (χ0v) is 21.7. The van der Waals surface area contributed by atoms with Crippen molar-refractivity contribution in [2.24, 2.45) is 5.10 Å². The van der Waals surface area contributed by atoms with E-state index in [1.54, 1.807) is 24.4 Å². The highest BCUT2D eigenvalue weighted by atomic mass is 79.9. The Morgan fingerprint density at radius 1 is 1.14 bits per heavy atom. The first kappa shape index (κ1) is 24.2. The average molecular weight is 548 g/mol. The van der Waals surface area contributed by atoms with Gasteiger partial charge in [0.2, 0.25) is 0 Å². The van der Waals surface area contributed by atoms with Crippen LogP contribution in [-0.4, -0.2) is 29.0 Å². The predicted molar refractivity (Wildman–Crippen MR) is 143 cm³/mol. The molecule has 7 nitrogen and oxygen atoms in total. The molecular weight excluding hydrogens is 522 g/mol. The van der Waals surface area contributed by atoms with Crippen LogP contribution in [0.3, 0.4) is 0 Å². The first-order chi connectivity index (χ1) is 17.4. The number of hydrogen-bond donors (Lipinski definition) is 0. The monoisotopic (exact) mass is 547 g/mol. The van der Waals surface area contributed by atoms with Crippen LogP contribution in [0.2, 0.25) is 0 Å². The second kappa shape index (κ2) is 10.2. The van der Waals surface area contributed by atoms with Crippen LogP contribution < -0.4 is 5.56 Å². The maximum Gasteiger partial charge on any atom is 0.337 e. The normalized spacial score (nSPS) is 14.5. The summed E-state index contributed by atoms with van der Waals surface area (Å²) in [5.41, 5.74) is 2.72. The SMILES string of the molecule is COC(=O)c1ccc(-c2ccc(C=Nn3c(C4CCCCC4)nc4ccc(Br)cc4c3=O)o2)c(C)c1. The Labute approximate surface area is 216 Å². The number of fused-ring (bicyclic) bond motifs is 1. The standard InChI is InChI=1S/C28H26BrN3O4/c1-17-14-19(28(34)35-2)8-11-22(17)25-13-10-21(36-25)16-30-32-26(18-6-4-3-5-7-18)31-24-12-9-20(29)15-23(24)27(32)33/h8-16,18H,3-7H2,1-2H3. The third-order valence-corrected chi connectivity index (χ3v) is 7.14. The van der Waals surface area contributed by atoms with Gasteiger partial charge in [-0.05, 0) is 67.8 Å². The van der Waals surface area contributed by atoms with Crippen LogP contribution in [0.1, 0.15) is 65.5 Å². The molecule has 4 aromatic rings. The minimum Gasteiger partial charge on any atom is -0.465 e. The Morgan fingerprint density at radius 3 is 2.69 bits per heavy atom. The smallest absolute Gasteiger partial charge is 0.337 e. The minimum atomic E-state index is -0.382. The molecule has 0 N–H and O–H groups in total. The van der Waals surface area contributed by atoms with Crippen LogP contribution in [0.15, 0.2) is 67.3 Å². The summed E-state index contributed by atoms with van der Waals surface area (Å²) in [6.45, 7) is 1.91. The lowest BCUT2D eigenvalue weighted by atomic mass is 9.88. The molecule has 0 radical (unpaired) electrons. The van der Waals surface area contributed by atoms with Crippen molar-refractivity contribution in [3.8, 4) is 11.3 Å². The van der Waals surface area contributed by atoms with Crippen LogP contribution in [0.4, 0.5) is 0 Å². The fourth-order valence-electron chi connectivity index (χ4n) is 4.77. The topological polar surface area (TPSA) is 86.7 Å². The molecule has 0 atom stereocenters. The molecule has 1 saturated carbocycles. The Hall–Kier alpha value is -3.52. The largest absolute Gasteiger partial charge is 0.465 e.